The molecule has 8 nitrogen and oxygen atoms in total. The molecular weight excluding hydrogens is 521 g/mol. The van der Waals surface area contributed by atoms with E-state index in [1.165, 1.54) is 17.3 Å². The number of ether oxygens (including phenoxy) is 1. The van der Waals surface area contributed by atoms with E-state index in [0.29, 0.717) is 35.7 Å². The summed E-state index contributed by atoms with van der Waals surface area (Å²) in [4.78, 5) is 19.1. The van der Waals surface area contributed by atoms with Crippen molar-refractivity contribution in [1.82, 2.24) is 4.98 Å². The lowest BCUT2D eigenvalue weighted by Crippen LogP contribution is -2.33. The third-order valence-electron chi connectivity index (χ3n) is 6.26. The van der Waals surface area contributed by atoms with E-state index >= 15 is 0 Å². The van der Waals surface area contributed by atoms with Crippen molar-refractivity contribution in [2.45, 2.75) is 39.5 Å². The van der Waals surface area contributed by atoms with Gasteiger partial charge in [0.15, 0.2) is 0 Å². The molecule has 1 aromatic heterocycles. The van der Waals surface area contributed by atoms with Gasteiger partial charge < -0.3 is 20.7 Å². The smallest absolute Gasteiger partial charge is 0.397 e. The molecule has 1 amide bonds. The summed E-state index contributed by atoms with van der Waals surface area (Å²) in [6.07, 6.45) is 0.637. The third-order valence-corrected chi connectivity index (χ3v) is 6.26. The lowest BCUT2D eigenvalue weighted by Gasteiger charge is -2.28. The van der Waals surface area contributed by atoms with Gasteiger partial charge in [-0.2, -0.15) is 13.2 Å². The molecule has 0 spiro atoms. The average Bonchev–Trinajstić information content (AvgIpc) is 2.92. The van der Waals surface area contributed by atoms with E-state index in [4.69, 9.17) is 16.3 Å². The largest absolute Gasteiger partial charge is 0.416 e. The van der Waals surface area contributed by atoms with Gasteiger partial charge in [0.1, 0.15) is 0 Å². The molecule has 11 heteroatoms. The predicted molar refractivity (Wildman–Crippen MR) is 153 cm³/mol. The van der Waals surface area contributed by atoms with E-state index in [-0.39, 0.29) is 17.4 Å². The Morgan fingerprint density at radius 3 is 2.55 bits per heavy atom. The fourth-order valence-corrected chi connectivity index (χ4v) is 4.07. The normalized spacial score (nSPS) is 12.7. The Balaban J connectivity index is 1.92. The first-order chi connectivity index (χ1) is 18.9. The summed E-state index contributed by atoms with van der Waals surface area (Å²) in [5.74, 6) is 5.65. The number of amides is 1. The molecule has 0 saturated carbocycles. The molecule has 0 aliphatic rings. The van der Waals surface area contributed by atoms with Crippen LogP contribution in [0, 0.1) is 6.92 Å². The molecule has 3 rings (SSSR count). The SMILES string of the molecule is CCCN(CC(C)OC)c1cc(NC(=O)c2ccc(C)c(N(N)/C=C(\N)c3cccnc3)c2)cc(C(F)(F)F)c1. The standard InChI is InChI=1S/C29H35F3N6O2/c1-5-11-37(17-20(3)40-4)25-14-23(29(30,31)32)13-24(15-25)36-28(39)21-9-8-19(2)27(12-21)38(34)18-26(33)22-7-6-10-35-16-22/h6-10,12-16,18,20H,5,11,17,33-34H2,1-4H3,(H,36,39)/b26-18-. The molecule has 1 unspecified atom stereocenters. The Bertz CT molecular complexity index is 1330. The summed E-state index contributed by atoms with van der Waals surface area (Å²) in [6, 6.07) is 11.9. The number of benzene rings is 2. The highest BCUT2D eigenvalue weighted by Crippen LogP contribution is 2.35. The first-order valence-electron chi connectivity index (χ1n) is 12.8. The van der Waals surface area contributed by atoms with Gasteiger partial charge in [-0.3, -0.25) is 14.8 Å². The number of anilines is 3. The Kier molecular flexibility index (Phi) is 10.1. The maximum absolute atomic E-state index is 13.8. The van der Waals surface area contributed by atoms with Crippen LogP contribution in [0.3, 0.4) is 0 Å². The van der Waals surface area contributed by atoms with E-state index in [1.807, 2.05) is 25.7 Å². The van der Waals surface area contributed by atoms with Crippen LogP contribution in [-0.4, -0.2) is 37.2 Å². The summed E-state index contributed by atoms with van der Waals surface area (Å²) in [5, 5.41) is 3.91. The molecular formula is C29H35F3N6O2. The van der Waals surface area contributed by atoms with Crippen molar-refractivity contribution < 1.29 is 22.7 Å². The molecule has 0 fully saturated rings. The molecule has 2 aromatic carbocycles. The van der Waals surface area contributed by atoms with Crippen LogP contribution in [0.15, 0.2) is 67.1 Å². The Morgan fingerprint density at radius 1 is 1.18 bits per heavy atom. The number of aryl methyl sites for hydroxylation is 1. The van der Waals surface area contributed by atoms with Gasteiger partial charge in [-0.15, -0.1) is 0 Å². The van der Waals surface area contributed by atoms with Crippen molar-refractivity contribution in [3.8, 4) is 0 Å². The molecule has 0 bridgehead atoms. The van der Waals surface area contributed by atoms with Gasteiger partial charge in [0, 0.05) is 61.3 Å². The second-order valence-corrected chi connectivity index (χ2v) is 9.45. The summed E-state index contributed by atoms with van der Waals surface area (Å²) in [7, 11) is 1.55. The van der Waals surface area contributed by atoms with Crippen molar-refractivity contribution in [3.63, 3.8) is 0 Å². The number of hydrazine groups is 1. The summed E-state index contributed by atoms with van der Waals surface area (Å²) in [5.41, 5.74) is 8.14. The number of nitrogens with two attached hydrogens (primary N) is 2. The Labute approximate surface area is 232 Å². The second-order valence-electron chi connectivity index (χ2n) is 9.45. The number of halogens is 3. The molecule has 5 N–H and O–H groups in total. The van der Waals surface area contributed by atoms with Crippen LogP contribution in [0.4, 0.5) is 30.2 Å². The van der Waals surface area contributed by atoms with Crippen molar-refractivity contribution in [2.75, 3.05) is 35.4 Å². The number of hydrogen-bond acceptors (Lipinski definition) is 7. The van der Waals surface area contributed by atoms with E-state index in [0.717, 1.165) is 24.1 Å². The van der Waals surface area contributed by atoms with Crippen LogP contribution >= 0.6 is 0 Å². The molecule has 1 heterocycles. The Morgan fingerprint density at radius 2 is 1.93 bits per heavy atom. The second kappa shape index (κ2) is 13.3. The van der Waals surface area contributed by atoms with Crippen molar-refractivity contribution in [2.24, 2.45) is 11.6 Å². The Hall–Kier alpha value is -4.09. The molecule has 214 valence electrons. The van der Waals surface area contributed by atoms with Crippen LogP contribution in [0.5, 0.6) is 0 Å². The number of methoxy groups -OCH3 is 1. The highest BCUT2D eigenvalue weighted by atomic mass is 19.4. The molecule has 0 aliphatic carbocycles. The van der Waals surface area contributed by atoms with Crippen molar-refractivity contribution >= 4 is 28.7 Å². The monoisotopic (exact) mass is 556 g/mol. The van der Waals surface area contributed by atoms with E-state index in [9.17, 15) is 18.0 Å². The van der Waals surface area contributed by atoms with Crippen LogP contribution in [0.25, 0.3) is 5.70 Å². The minimum atomic E-state index is -4.60. The first-order valence-corrected chi connectivity index (χ1v) is 12.8. The highest BCUT2D eigenvalue weighted by molar-refractivity contribution is 6.05. The maximum atomic E-state index is 13.8. The number of hydrogen-bond donors (Lipinski definition) is 3. The van der Waals surface area contributed by atoms with Gasteiger partial charge in [-0.1, -0.05) is 13.0 Å². The van der Waals surface area contributed by atoms with Gasteiger partial charge in [0.25, 0.3) is 5.91 Å². The molecule has 0 saturated heterocycles. The van der Waals surface area contributed by atoms with Crippen LogP contribution in [-0.2, 0) is 10.9 Å². The highest BCUT2D eigenvalue weighted by Gasteiger charge is 2.32. The number of aromatic nitrogens is 1. The van der Waals surface area contributed by atoms with Crippen LogP contribution in [0.1, 0.15) is 47.3 Å². The molecule has 1 atom stereocenters. The number of pyridine rings is 1. The zero-order chi connectivity index (χ0) is 29.4. The van der Waals surface area contributed by atoms with Gasteiger partial charge in [-0.25, -0.2) is 5.84 Å². The van der Waals surface area contributed by atoms with Crippen molar-refractivity contribution in [3.05, 3.63) is 89.4 Å². The zero-order valence-electron chi connectivity index (χ0n) is 23.0. The lowest BCUT2D eigenvalue weighted by molar-refractivity contribution is -0.137. The minimum Gasteiger partial charge on any atom is -0.397 e. The fourth-order valence-electron chi connectivity index (χ4n) is 4.07. The van der Waals surface area contributed by atoms with Gasteiger partial charge >= 0.3 is 6.18 Å². The van der Waals surface area contributed by atoms with E-state index < -0.39 is 17.6 Å². The maximum Gasteiger partial charge on any atom is 0.416 e. The topological polar surface area (TPSA) is 110 Å². The van der Waals surface area contributed by atoms with E-state index in [1.54, 1.807) is 49.8 Å². The van der Waals surface area contributed by atoms with Crippen molar-refractivity contribution in [1.29, 1.82) is 0 Å². The van der Waals surface area contributed by atoms with Gasteiger partial charge in [0.2, 0.25) is 0 Å². The summed E-state index contributed by atoms with van der Waals surface area (Å²) in [6.45, 7) is 6.51. The predicted octanol–water partition coefficient (Wildman–Crippen LogP) is 5.55. The fraction of sp³-hybridized carbons (Fsp3) is 0.310. The average molecular weight is 557 g/mol. The lowest BCUT2D eigenvalue weighted by atomic mass is 10.1. The minimum absolute atomic E-state index is 0.0217. The summed E-state index contributed by atoms with van der Waals surface area (Å²) >= 11 is 0. The number of rotatable bonds is 11. The number of carbonyl (C=O) groups excluding carboxylic acids is 1. The van der Waals surface area contributed by atoms with E-state index in [2.05, 4.69) is 10.3 Å². The van der Waals surface area contributed by atoms with Gasteiger partial charge in [-0.05, 0) is 68.3 Å². The first kappa shape index (κ1) is 30.5. The van der Waals surface area contributed by atoms with Crippen LogP contribution < -0.4 is 26.8 Å². The molecule has 40 heavy (non-hydrogen) atoms. The number of nitrogens with zero attached hydrogens (tertiary/aromatic N) is 3. The zero-order valence-corrected chi connectivity index (χ0v) is 23.0. The number of alkyl halides is 3. The quantitative estimate of drug-likeness (QED) is 0.210. The third kappa shape index (κ3) is 7.96. The van der Waals surface area contributed by atoms with Gasteiger partial charge in [0.05, 0.1) is 23.1 Å². The molecule has 0 aliphatic heterocycles. The molecule has 0 radical (unpaired) electrons. The number of carbonyl (C=O) groups is 1. The molecule has 3 aromatic rings. The summed E-state index contributed by atoms with van der Waals surface area (Å²) < 4.78 is 46.7. The number of nitrogens with one attached hydrogen (secondary N) is 1. The van der Waals surface area contributed by atoms with Crippen LogP contribution in [0.2, 0.25) is 0 Å².